The molecule has 2 nitrogen and oxygen atoms in total. The molecule has 0 bridgehead atoms. The molecule has 0 saturated heterocycles. The number of nitrogens with two attached hydrogens (primary N) is 1. The molecule has 1 unspecified atom stereocenters. The molecule has 1 atom stereocenters. The van der Waals surface area contributed by atoms with Crippen LogP contribution in [-0.2, 0) is 6.42 Å². The minimum absolute atomic E-state index is 0.118. The van der Waals surface area contributed by atoms with Crippen molar-refractivity contribution in [1.82, 2.24) is 4.98 Å². The second-order valence-corrected chi connectivity index (χ2v) is 6.65. The molecule has 0 aliphatic heterocycles. The quantitative estimate of drug-likeness (QED) is 0.873. The Hall–Kier alpha value is -0.550. The van der Waals surface area contributed by atoms with Crippen LogP contribution in [0.4, 0.5) is 0 Å². The van der Waals surface area contributed by atoms with E-state index in [1.54, 1.807) is 18.0 Å². The van der Waals surface area contributed by atoms with Gasteiger partial charge in [0.05, 0.1) is 4.47 Å². The van der Waals surface area contributed by atoms with Gasteiger partial charge in [0.2, 0.25) is 0 Å². The van der Waals surface area contributed by atoms with Gasteiger partial charge in [-0.25, -0.2) is 4.98 Å². The van der Waals surface area contributed by atoms with Crippen LogP contribution in [0.3, 0.4) is 0 Å². The molecular formula is C14H14BrClN2S. The van der Waals surface area contributed by atoms with E-state index in [2.05, 4.69) is 20.9 Å². The number of aromatic nitrogens is 1. The molecule has 0 spiro atoms. The molecule has 0 amide bonds. The largest absolute Gasteiger partial charge is 0.328 e. The Bertz CT molecular complexity index is 575. The molecule has 2 aromatic rings. The van der Waals surface area contributed by atoms with Crippen molar-refractivity contribution < 1.29 is 0 Å². The van der Waals surface area contributed by atoms with Gasteiger partial charge in [0.15, 0.2) is 0 Å². The fourth-order valence-corrected chi connectivity index (χ4v) is 3.38. The topological polar surface area (TPSA) is 38.9 Å². The highest BCUT2D eigenvalue weighted by molar-refractivity contribution is 9.10. The van der Waals surface area contributed by atoms with E-state index < -0.39 is 0 Å². The first-order chi connectivity index (χ1) is 9.06. The van der Waals surface area contributed by atoms with E-state index in [9.17, 15) is 0 Å². The molecule has 2 N–H and O–H groups in total. The molecule has 0 aliphatic carbocycles. The fraction of sp³-hybridized carbons (Fsp3) is 0.214. The summed E-state index contributed by atoms with van der Waals surface area (Å²) in [5, 5.41) is 1.65. The van der Waals surface area contributed by atoms with E-state index in [1.807, 2.05) is 37.3 Å². The number of benzene rings is 1. The monoisotopic (exact) mass is 356 g/mol. The smallest absolute Gasteiger partial charge is 0.115 e. The lowest BCUT2D eigenvalue weighted by atomic mass is 10.1. The highest BCUT2D eigenvalue weighted by Crippen LogP contribution is 2.35. The molecule has 5 heteroatoms. The van der Waals surface area contributed by atoms with Crippen LogP contribution in [0.5, 0.6) is 0 Å². The summed E-state index contributed by atoms with van der Waals surface area (Å²) in [5.74, 6) is 0. The molecule has 1 heterocycles. The second kappa shape index (κ2) is 6.75. The maximum atomic E-state index is 6.08. The Morgan fingerprint density at radius 3 is 2.89 bits per heavy atom. The van der Waals surface area contributed by atoms with E-state index >= 15 is 0 Å². The van der Waals surface area contributed by atoms with Crippen LogP contribution >= 0.6 is 39.3 Å². The predicted octanol–water partition coefficient (Wildman–Crippen LogP) is 4.54. The van der Waals surface area contributed by atoms with Gasteiger partial charge < -0.3 is 5.73 Å². The van der Waals surface area contributed by atoms with E-state index in [0.717, 1.165) is 25.8 Å². The van der Waals surface area contributed by atoms with Gasteiger partial charge in [0.1, 0.15) is 5.03 Å². The lowest BCUT2D eigenvalue weighted by Gasteiger charge is -2.12. The Morgan fingerprint density at radius 2 is 2.21 bits per heavy atom. The van der Waals surface area contributed by atoms with Crippen molar-refractivity contribution in [3.05, 3.63) is 51.6 Å². The Labute approximate surface area is 130 Å². The van der Waals surface area contributed by atoms with Crippen molar-refractivity contribution in [1.29, 1.82) is 0 Å². The zero-order chi connectivity index (χ0) is 13.8. The van der Waals surface area contributed by atoms with Crippen LogP contribution in [-0.4, -0.2) is 11.0 Å². The number of rotatable bonds is 4. The Kier molecular flexibility index (Phi) is 5.28. The van der Waals surface area contributed by atoms with Crippen LogP contribution in [0.2, 0.25) is 5.02 Å². The van der Waals surface area contributed by atoms with Gasteiger partial charge in [-0.05, 0) is 59.1 Å². The SMILES string of the molecule is CC(N)Cc1ccc(Cl)cc1Sc1ncccc1Br. The van der Waals surface area contributed by atoms with E-state index in [-0.39, 0.29) is 6.04 Å². The summed E-state index contributed by atoms with van der Waals surface area (Å²) in [4.78, 5) is 5.47. The van der Waals surface area contributed by atoms with Crippen molar-refractivity contribution in [3.8, 4) is 0 Å². The van der Waals surface area contributed by atoms with Gasteiger partial charge in [-0.3, -0.25) is 0 Å². The molecule has 19 heavy (non-hydrogen) atoms. The normalized spacial score (nSPS) is 12.4. The molecule has 1 aromatic carbocycles. The van der Waals surface area contributed by atoms with Gasteiger partial charge in [-0.2, -0.15) is 0 Å². The Morgan fingerprint density at radius 1 is 1.42 bits per heavy atom. The number of pyridine rings is 1. The van der Waals surface area contributed by atoms with Crippen molar-refractivity contribution in [2.75, 3.05) is 0 Å². The number of nitrogens with zero attached hydrogens (tertiary/aromatic N) is 1. The minimum Gasteiger partial charge on any atom is -0.328 e. The number of halogens is 2. The zero-order valence-electron chi connectivity index (χ0n) is 10.4. The van der Waals surface area contributed by atoms with Gasteiger partial charge in [-0.1, -0.05) is 29.4 Å². The third-order valence-corrected chi connectivity index (χ3v) is 4.76. The van der Waals surface area contributed by atoms with Gasteiger partial charge in [0.25, 0.3) is 0 Å². The molecule has 0 fully saturated rings. The van der Waals surface area contributed by atoms with E-state index in [0.29, 0.717) is 0 Å². The maximum absolute atomic E-state index is 6.08. The van der Waals surface area contributed by atoms with E-state index in [4.69, 9.17) is 17.3 Å². The van der Waals surface area contributed by atoms with Crippen molar-refractivity contribution in [2.45, 2.75) is 29.3 Å². The minimum atomic E-state index is 0.118. The van der Waals surface area contributed by atoms with Crippen molar-refractivity contribution in [3.63, 3.8) is 0 Å². The summed E-state index contributed by atoms with van der Waals surface area (Å²) in [7, 11) is 0. The van der Waals surface area contributed by atoms with Crippen molar-refractivity contribution >= 4 is 39.3 Å². The van der Waals surface area contributed by atoms with Crippen LogP contribution < -0.4 is 5.73 Å². The Balaban J connectivity index is 2.33. The summed E-state index contributed by atoms with van der Waals surface area (Å²) < 4.78 is 0.978. The van der Waals surface area contributed by atoms with Crippen LogP contribution in [0.25, 0.3) is 0 Å². The average molecular weight is 358 g/mol. The summed E-state index contributed by atoms with van der Waals surface area (Å²) >= 11 is 11.2. The summed E-state index contributed by atoms with van der Waals surface area (Å²) in [6.07, 6.45) is 2.60. The first kappa shape index (κ1) is 14.9. The number of hydrogen-bond donors (Lipinski definition) is 1. The predicted molar refractivity (Wildman–Crippen MR) is 84.9 cm³/mol. The number of hydrogen-bond acceptors (Lipinski definition) is 3. The first-order valence-corrected chi connectivity index (χ1v) is 7.87. The second-order valence-electron chi connectivity index (χ2n) is 4.33. The van der Waals surface area contributed by atoms with E-state index in [1.165, 1.54) is 5.56 Å². The van der Waals surface area contributed by atoms with Crippen molar-refractivity contribution in [2.24, 2.45) is 5.73 Å². The highest BCUT2D eigenvalue weighted by Gasteiger charge is 2.10. The molecule has 0 radical (unpaired) electrons. The van der Waals surface area contributed by atoms with Crippen LogP contribution in [0.1, 0.15) is 12.5 Å². The summed E-state index contributed by atoms with van der Waals surface area (Å²) in [5.41, 5.74) is 7.08. The summed E-state index contributed by atoms with van der Waals surface area (Å²) in [6.45, 7) is 2.00. The van der Waals surface area contributed by atoms with Gasteiger partial charge in [-0.15, -0.1) is 0 Å². The van der Waals surface area contributed by atoms with Gasteiger partial charge in [0, 0.05) is 22.2 Å². The molecular weight excluding hydrogens is 344 g/mol. The lowest BCUT2D eigenvalue weighted by molar-refractivity contribution is 0.729. The molecule has 0 aliphatic rings. The third-order valence-electron chi connectivity index (χ3n) is 2.50. The highest BCUT2D eigenvalue weighted by atomic mass is 79.9. The average Bonchev–Trinajstić information content (AvgIpc) is 2.35. The van der Waals surface area contributed by atoms with Gasteiger partial charge >= 0.3 is 0 Å². The summed E-state index contributed by atoms with van der Waals surface area (Å²) in [6, 6.07) is 9.89. The lowest BCUT2D eigenvalue weighted by Crippen LogP contribution is -2.18. The maximum Gasteiger partial charge on any atom is 0.115 e. The molecule has 0 saturated carbocycles. The third kappa shape index (κ3) is 4.21. The molecule has 1 aromatic heterocycles. The molecule has 100 valence electrons. The molecule has 2 rings (SSSR count). The van der Waals surface area contributed by atoms with Crippen LogP contribution in [0, 0.1) is 0 Å². The fourth-order valence-electron chi connectivity index (χ4n) is 1.69. The first-order valence-electron chi connectivity index (χ1n) is 5.88. The zero-order valence-corrected chi connectivity index (χ0v) is 13.6. The standard InChI is InChI=1S/C14H14BrClN2S/c1-9(17)7-10-4-5-11(16)8-13(10)19-14-12(15)3-2-6-18-14/h2-6,8-9H,7,17H2,1H3. The van der Waals surface area contributed by atoms with Crippen LogP contribution in [0.15, 0.2) is 50.9 Å².